The Kier molecular flexibility index (Phi) is 6.79. The van der Waals surface area contributed by atoms with E-state index in [1.807, 2.05) is 43.3 Å². The summed E-state index contributed by atoms with van der Waals surface area (Å²) in [4.78, 5) is 33.2. The van der Waals surface area contributed by atoms with Gasteiger partial charge >= 0.3 is 0 Å². The smallest absolute Gasteiger partial charge is 0.291 e. The van der Waals surface area contributed by atoms with E-state index in [4.69, 9.17) is 20.8 Å². The van der Waals surface area contributed by atoms with Gasteiger partial charge in [-0.3, -0.25) is 14.6 Å². The molecule has 1 atom stereocenters. The lowest BCUT2D eigenvalue weighted by Crippen LogP contribution is -2.29. The van der Waals surface area contributed by atoms with Crippen LogP contribution in [0.2, 0.25) is 5.02 Å². The third-order valence-corrected chi connectivity index (χ3v) is 6.94. The molecule has 0 aliphatic carbocycles. The average Bonchev–Trinajstić information content (AvgIpc) is 3.16. The molecule has 4 aromatic rings. The Hall–Kier alpha value is -3.64. The maximum atomic E-state index is 13.7. The number of aryl methyl sites for hydroxylation is 1. The number of rotatable bonds is 8. The standard InChI is InChI=1S/C29H27ClN2O4/c1-3-4-5-13-35-21-10-8-20(9-11-21)26-25-27(33)22-15-23(30)18(2)14-24(22)36-28(25)29(34)32(26)17-19-7-6-12-31-16-19/h6-12,14-16,26H,3-5,13,17H2,1-2H3. The summed E-state index contributed by atoms with van der Waals surface area (Å²) in [5.74, 6) is 0.499. The number of hydrogen-bond donors (Lipinski definition) is 0. The van der Waals surface area contributed by atoms with E-state index >= 15 is 0 Å². The molecule has 2 aromatic heterocycles. The minimum absolute atomic E-state index is 0.0722. The van der Waals surface area contributed by atoms with Crippen molar-refractivity contribution in [1.29, 1.82) is 0 Å². The Bertz CT molecular complexity index is 1470. The zero-order valence-electron chi connectivity index (χ0n) is 20.3. The summed E-state index contributed by atoms with van der Waals surface area (Å²) in [6.45, 7) is 4.93. The number of unbranched alkanes of at least 4 members (excludes halogenated alkanes) is 2. The van der Waals surface area contributed by atoms with Crippen molar-refractivity contribution in [3.05, 3.63) is 104 Å². The van der Waals surface area contributed by atoms with Crippen LogP contribution in [0, 0.1) is 6.92 Å². The Morgan fingerprint density at radius 3 is 2.64 bits per heavy atom. The highest BCUT2D eigenvalue weighted by Crippen LogP contribution is 2.40. The summed E-state index contributed by atoms with van der Waals surface area (Å²) in [7, 11) is 0. The van der Waals surface area contributed by atoms with Gasteiger partial charge in [-0.05, 0) is 60.4 Å². The van der Waals surface area contributed by atoms with Crippen molar-refractivity contribution in [2.75, 3.05) is 6.61 Å². The number of amides is 1. The molecule has 1 aliphatic heterocycles. The van der Waals surface area contributed by atoms with Crippen LogP contribution in [0.3, 0.4) is 0 Å². The highest BCUT2D eigenvalue weighted by Gasteiger charge is 2.42. The summed E-state index contributed by atoms with van der Waals surface area (Å²) >= 11 is 6.33. The molecule has 5 rings (SSSR count). The largest absolute Gasteiger partial charge is 0.494 e. The van der Waals surface area contributed by atoms with Crippen LogP contribution in [0.25, 0.3) is 11.0 Å². The van der Waals surface area contributed by atoms with E-state index in [1.165, 1.54) is 0 Å². The molecule has 0 radical (unpaired) electrons. The number of carbonyl (C=O) groups excluding carboxylic acids is 1. The van der Waals surface area contributed by atoms with Crippen LogP contribution in [-0.2, 0) is 6.54 Å². The second-order valence-corrected chi connectivity index (χ2v) is 9.50. The monoisotopic (exact) mass is 502 g/mol. The zero-order valence-corrected chi connectivity index (χ0v) is 21.0. The highest BCUT2D eigenvalue weighted by atomic mass is 35.5. The molecule has 184 valence electrons. The van der Waals surface area contributed by atoms with Crippen LogP contribution in [0.15, 0.2) is 70.1 Å². The van der Waals surface area contributed by atoms with Crippen LogP contribution in [-0.4, -0.2) is 22.4 Å². The molecule has 2 aromatic carbocycles. The molecule has 0 bridgehead atoms. The third kappa shape index (κ3) is 4.49. The number of fused-ring (bicyclic) bond motifs is 2. The molecule has 3 heterocycles. The molecule has 36 heavy (non-hydrogen) atoms. The first-order valence-corrected chi connectivity index (χ1v) is 12.5. The second-order valence-electron chi connectivity index (χ2n) is 9.09. The first-order chi connectivity index (χ1) is 17.5. The summed E-state index contributed by atoms with van der Waals surface area (Å²) < 4.78 is 11.9. The highest BCUT2D eigenvalue weighted by molar-refractivity contribution is 6.32. The van der Waals surface area contributed by atoms with Crippen LogP contribution >= 0.6 is 11.6 Å². The van der Waals surface area contributed by atoms with E-state index in [1.54, 1.807) is 29.4 Å². The van der Waals surface area contributed by atoms with Crippen molar-refractivity contribution in [3.63, 3.8) is 0 Å². The number of carbonyl (C=O) groups is 1. The SMILES string of the molecule is CCCCCOc1ccc(C2c3c(oc4cc(C)c(Cl)cc4c3=O)C(=O)N2Cc2cccnc2)cc1. The maximum absolute atomic E-state index is 13.7. The summed E-state index contributed by atoms with van der Waals surface area (Å²) in [5.41, 5.74) is 2.86. The molecule has 0 N–H and O–H groups in total. The number of aromatic nitrogens is 1. The lowest BCUT2D eigenvalue weighted by molar-refractivity contribution is 0.0714. The zero-order chi connectivity index (χ0) is 25.2. The fourth-order valence-corrected chi connectivity index (χ4v) is 4.79. The van der Waals surface area contributed by atoms with Gasteiger partial charge in [-0.15, -0.1) is 0 Å². The Morgan fingerprint density at radius 1 is 1.11 bits per heavy atom. The number of nitrogens with zero attached hydrogens (tertiary/aromatic N) is 2. The van der Waals surface area contributed by atoms with Crippen LogP contribution < -0.4 is 10.2 Å². The van der Waals surface area contributed by atoms with Gasteiger partial charge in [0.15, 0.2) is 5.43 Å². The Labute approximate surface area is 214 Å². The molecule has 1 amide bonds. The number of hydrogen-bond acceptors (Lipinski definition) is 5. The number of ether oxygens (including phenoxy) is 1. The first-order valence-electron chi connectivity index (χ1n) is 12.2. The number of benzene rings is 2. The van der Waals surface area contributed by atoms with Gasteiger partial charge in [-0.25, -0.2) is 0 Å². The predicted molar refractivity (Wildman–Crippen MR) is 140 cm³/mol. The van der Waals surface area contributed by atoms with Crippen molar-refractivity contribution in [1.82, 2.24) is 9.88 Å². The Balaban J connectivity index is 1.59. The summed E-state index contributed by atoms with van der Waals surface area (Å²) in [5, 5.41) is 0.841. The van der Waals surface area contributed by atoms with Gasteiger partial charge in [-0.2, -0.15) is 0 Å². The number of halogens is 1. The van der Waals surface area contributed by atoms with E-state index in [2.05, 4.69) is 11.9 Å². The summed E-state index contributed by atoms with van der Waals surface area (Å²) in [6, 6.07) is 14.0. The van der Waals surface area contributed by atoms with Gasteiger partial charge in [-0.1, -0.05) is 49.6 Å². The van der Waals surface area contributed by atoms with E-state index in [0.717, 1.165) is 41.7 Å². The molecule has 0 saturated carbocycles. The molecule has 6 nitrogen and oxygen atoms in total. The van der Waals surface area contributed by atoms with Crippen LogP contribution in [0.1, 0.15) is 65.0 Å². The van der Waals surface area contributed by atoms with Gasteiger partial charge in [0.05, 0.1) is 23.6 Å². The third-order valence-electron chi connectivity index (χ3n) is 6.54. The number of pyridine rings is 1. The van der Waals surface area contributed by atoms with Gasteiger partial charge in [0.2, 0.25) is 5.76 Å². The maximum Gasteiger partial charge on any atom is 0.291 e. The van der Waals surface area contributed by atoms with Gasteiger partial charge in [0.25, 0.3) is 5.91 Å². The molecule has 7 heteroatoms. The first kappa shape index (κ1) is 24.1. The minimum Gasteiger partial charge on any atom is -0.494 e. The van der Waals surface area contributed by atoms with Gasteiger partial charge in [0.1, 0.15) is 11.3 Å². The molecule has 1 aliphatic rings. The molecule has 1 unspecified atom stereocenters. The summed E-state index contributed by atoms with van der Waals surface area (Å²) in [6.07, 6.45) is 6.65. The van der Waals surface area contributed by atoms with Crippen molar-refractivity contribution in [3.8, 4) is 5.75 Å². The lowest BCUT2D eigenvalue weighted by atomic mass is 9.98. The average molecular weight is 503 g/mol. The molecular formula is C29H27ClN2O4. The van der Waals surface area contributed by atoms with E-state index in [9.17, 15) is 9.59 Å². The fraction of sp³-hybridized carbons (Fsp3) is 0.276. The van der Waals surface area contributed by atoms with E-state index in [-0.39, 0.29) is 23.6 Å². The molecule has 0 spiro atoms. The van der Waals surface area contributed by atoms with Crippen LogP contribution in [0.4, 0.5) is 0 Å². The quantitative estimate of drug-likeness (QED) is 0.258. The Morgan fingerprint density at radius 2 is 1.92 bits per heavy atom. The van der Waals surface area contributed by atoms with Gasteiger partial charge in [0, 0.05) is 24.0 Å². The van der Waals surface area contributed by atoms with Crippen molar-refractivity contribution < 1.29 is 13.9 Å². The van der Waals surface area contributed by atoms with E-state index < -0.39 is 6.04 Å². The van der Waals surface area contributed by atoms with Crippen molar-refractivity contribution in [2.24, 2.45) is 0 Å². The van der Waals surface area contributed by atoms with Crippen molar-refractivity contribution in [2.45, 2.75) is 45.7 Å². The lowest BCUT2D eigenvalue weighted by Gasteiger charge is -2.25. The van der Waals surface area contributed by atoms with Crippen molar-refractivity contribution >= 4 is 28.5 Å². The van der Waals surface area contributed by atoms with Gasteiger partial charge < -0.3 is 14.1 Å². The normalized spacial score (nSPS) is 14.9. The second kappa shape index (κ2) is 10.2. The molecular weight excluding hydrogens is 476 g/mol. The fourth-order valence-electron chi connectivity index (χ4n) is 4.63. The molecule has 0 saturated heterocycles. The predicted octanol–water partition coefficient (Wildman–Crippen LogP) is 6.46. The van der Waals surface area contributed by atoms with Crippen LogP contribution in [0.5, 0.6) is 5.75 Å². The van der Waals surface area contributed by atoms with E-state index in [0.29, 0.717) is 28.2 Å². The molecule has 0 fully saturated rings. The topological polar surface area (TPSA) is 72.6 Å². The minimum atomic E-state index is -0.609.